The van der Waals surface area contributed by atoms with E-state index in [9.17, 15) is 0 Å². The van der Waals surface area contributed by atoms with Crippen LogP contribution in [0.4, 0.5) is 0 Å². The number of allylic oxidation sites excluding steroid dienone is 3. The molecule has 0 aliphatic heterocycles. The van der Waals surface area contributed by atoms with Crippen LogP contribution in [0.3, 0.4) is 0 Å². The van der Waals surface area contributed by atoms with Crippen LogP contribution in [0.5, 0.6) is 0 Å². The summed E-state index contributed by atoms with van der Waals surface area (Å²) >= 11 is 0. The first kappa shape index (κ1) is 15.6. The van der Waals surface area contributed by atoms with E-state index in [4.69, 9.17) is 0 Å². The summed E-state index contributed by atoms with van der Waals surface area (Å²) in [6.07, 6.45) is 7.78. The normalized spacial score (nSPS) is 12.9. The van der Waals surface area contributed by atoms with Gasteiger partial charge in [-0.1, -0.05) is 66.6 Å². The van der Waals surface area contributed by atoms with Crippen molar-refractivity contribution in [3.05, 3.63) is 88.2 Å². The van der Waals surface area contributed by atoms with E-state index in [1.54, 1.807) is 0 Å². The Bertz CT molecular complexity index is 791. The molecule has 0 radical (unpaired) electrons. The number of fused-ring (bicyclic) bond motifs is 1. The maximum absolute atomic E-state index is 3.57. The molecule has 0 heteroatoms. The van der Waals surface area contributed by atoms with Crippen LogP contribution in [0.1, 0.15) is 47.6 Å². The Hall–Kier alpha value is -2.30. The average Bonchev–Trinajstić information content (AvgIpc) is 2.54. The summed E-state index contributed by atoms with van der Waals surface area (Å²) in [7, 11) is 0. The van der Waals surface area contributed by atoms with Crippen LogP contribution in [0.15, 0.2) is 60.3 Å². The predicted octanol–water partition coefficient (Wildman–Crippen LogP) is 6.28. The minimum Gasteiger partial charge on any atom is -0.116 e. The zero-order valence-corrected chi connectivity index (χ0v) is 14.3. The van der Waals surface area contributed by atoms with Crippen LogP contribution in [-0.2, 0) is 6.42 Å². The SMILES string of the molecule is CCC(=C=CC1=CCCc2ccccc21)c1cc(C)cc(C)c1. The Morgan fingerprint density at radius 3 is 2.57 bits per heavy atom. The summed E-state index contributed by atoms with van der Waals surface area (Å²) < 4.78 is 0. The van der Waals surface area contributed by atoms with Crippen LogP contribution in [0, 0.1) is 13.8 Å². The Kier molecular flexibility index (Phi) is 4.65. The molecule has 3 rings (SSSR count). The van der Waals surface area contributed by atoms with Gasteiger partial charge in [-0.3, -0.25) is 0 Å². The minimum atomic E-state index is 0.994. The van der Waals surface area contributed by atoms with Gasteiger partial charge in [0.2, 0.25) is 0 Å². The maximum Gasteiger partial charge on any atom is 0.000971 e. The topological polar surface area (TPSA) is 0 Å². The zero-order valence-electron chi connectivity index (χ0n) is 14.3. The number of aryl methyl sites for hydroxylation is 3. The Morgan fingerprint density at radius 1 is 1.09 bits per heavy atom. The maximum atomic E-state index is 3.57. The van der Waals surface area contributed by atoms with E-state index in [1.807, 2.05) is 0 Å². The lowest BCUT2D eigenvalue weighted by molar-refractivity contribution is 0.979. The molecule has 0 N–H and O–H groups in total. The molecule has 0 amide bonds. The third kappa shape index (κ3) is 3.55. The molecule has 0 bridgehead atoms. The van der Waals surface area contributed by atoms with Crippen LogP contribution >= 0.6 is 0 Å². The summed E-state index contributed by atoms with van der Waals surface area (Å²) in [6, 6.07) is 15.5. The van der Waals surface area contributed by atoms with Crippen LogP contribution in [0.2, 0.25) is 0 Å². The van der Waals surface area contributed by atoms with Crippen molar-refractivity contribution in [2.45, 2.75) is 40.0 Å². The highest BCUT2D eigenvalue weighted by Crippen LogP contribution is 2.27. The zero-order chi connectivity index (χ0) is 16.2. The highest BCUT2D eigenvalue weighted by Gasteiger charge is 2.09. The van der Waals surface area contributed by atoms with E-state index in [0.29, 0.717) is 0 Å². The van der Waals surface area contributed by atoms with Crippen molar-refractivity contribution in [1.29, 1.82) is 0 Å². The van der Waals surface area contributed by atoms with Crippen LogP contribution in [-0.4, -0.2) is 0 Å². The molecule has 0 fully saturated rings. The monoisotopic (exact) mass is 300 g/mol. The van der Waals surface area contributed by atoms with E-state index in [0.717, 1.165) is 19.3 Å². The van der Waals surface area contributed by atoms with Gasteiger partial charge in [0.25, 0.3) is 0 Å². The lowest BCUT2D eigenvalue weighted by Crippen LogP contribution is -1.97. The Morgan fingerprint density at radius 2 is 1.83 bits per heavy atom. The molecule has 0 unspecified atom stereocenters. The van der Waals surface area contributed by atoms with E-state index in [2.05, 4.69) is 81.1 Å². The quantitative estimate of drug-likeness (QED) is 0.585. The molecule has 0 spiro atoms. The third-order valence-electron chi connectivity index (χ3n) is 4.43. The van der Waals surface area contributed by atoms with Crippen molar-refractivity contribution >= 4 is 11.1 Å². The van der Waals surface area contributed by atoms with Gasteiger partial charge in [0.15, 0.2) is 0 Å². The van der Waals surface area contributed by atoms with Crippen molar-refractivity contribution < 1.29 is 0 Å². The fraction of sp³-hybridized carbons (Fsp3) is 0.261. The first-order chi connectivity index (χ1) is 11.2. The van der Waals surface area contributed by atoms with Gasteiger partial charge in [0.1, 0.15) is 0 Å². The van der Waals surface area contributed by atoms with Gasteiger partial charge in [0.05, 0.1) is 0 Å². The predicted molar refractivity (Wildman–Crippen MR) is 100 cm³/mol. The van der Waals surface area contributed by atoms with Crippen LogP contribution in [0.25, 0.3) is 11.1 Å². The standard InChI is InChI=1S/C23H24/c1-4-19(22-15-17(2)14-18(3)16-22)12-13-21-10-7-9-20-8-5-6-11-23(20)21/h5-6,8,10-11,13-16H,4,7,9H2,1-3H3. The van der Waals surface area contributed by atoms with E-state index >= 15 is 0 Å². The molecule has 0 aromatic heterocycles. The van der Waals surface area contributed by atoms with Gasteiger partial charge in [0, 0.05) is 5.57 Å². The second-order valence-corrected chi connectivity index (χ2v) is 6.35. The third-order valence-corrected chi connectivity index (χ3v) is 4.43. The fourth-order valence-electron chi connectivity index (χ4n) is 3.35. The van der Waals surface area contributed by atoms with Gasteiger partial charge >= 0.3 is 0 Å². The van der Waals surface area contributed by atoms with E-state index < -0.39 is 0 Å². The van der Waals surface area contributed by atoms with Crippen molar-refractivity contribution in [2.24, 2.45) is 0 Å². The van der Waals surface area contributed by atoms with Crippen molar-refractivity contribution in [2.75, 3.05) is 0 Å². The molecule has 116 valence electrons. The molecule has 2 aromatic rings. The summed E-state index contributed by atoms with van der Waals surface area (Å²) in [5, 5.41) is 0. The van der Waals surface area contributed by atoms with E-state index in [-0.39, 0.29) is 0 Å². The fourth-order valence-corrected chi connectivity index (χ4v) is 3.35. The Balaban J connectivity index is 2.01. The molecule has 23 heavy (non-hydrogen) atoms. The molecule has 1 aliphatic carbocycles. The smallest absolute Gasteiger partial charge is 0.000971 e. The van der Waals surface area contributed by atoms with Crippen LogP contribution < -0.4 is 0 Å². The summed E-state index contributed by atoms with van der Waals surface area (Å²) in [6.45, 7) is 6.53. The molecule has 0 heterocycles. The molecule has 1 aliphatic rings. The lowest BCUT2D eigenvalue weighted by atomic mass is 9.90. The summed E-state index contributed by atoms with van der Waals surface area (Å²) in [5.74, 6) is 0. The molecule has 0 nitrogen and oxygen atoms in total. The summed E-state index contributed by atoms with van der Waals surface area (Å²) in [5.41, 5.74) is 12.9. The molecular weight excluding hydrogens is 276 g/mol. The van der Waals surface area contributed by atoms with Crippen molar-refractivity contribution in [3.8, 4) is 0 Å². The van der Waals surface area contributed by atoms with E-state index in [1.165, 1.54) is 39.0 Å². The highest BCUT2D eigenvalue weighted by molar-refractivity contribution is 5.79. The van der Waals surface area contributed by atoms with Crippen molar-refractivity contribution in [3.63, 3.8) is 0 Å². The number of hydrogen-bond donors (Lipinski definition) is 0. The van der Waals surface area contributed by atoms with Gasteiger partial charge in [-0.05, 0) is 61.4 Å². The van der Waals surface area contributed by atoms with Gasteiger partial charge < -0.3 is 0 Å². The minimum absolute atomic E-state index is 0.994. The largest absolute Gasteiger partial charge is 0.116 e. The Labute approximate surface area is 139 Å². The second kappa shape index (κ2) is 6.86. The van der Waals surface area contributed by atoms with Crippen molar-refractivity contribution in [1.82, 2.24) is 0 Å². The average molecular weight is 300 g/mol. The van der Waals surface area contributed by atoms with Gasteiger partial charge in [-0.15, -0.1) is 5.73 Å². The second-order valence-electron chi connectivity index (χ2n) is 6.35. The van der Waals surface area contributed by atoms with Gasteiger partial charge in [-0.25, -0.2) is 0 Å². The number of benzene rings is 2. The number of rotatable bonds is 3. The molecular formula is C23H24. The summed E-state index contributed by atoms with van der Waals surface area (Å²) in [4.78, 5) is 0. The molecule has 0 saturated carbocycles. The first-order valence-corrected chi connectivity index (χ1v) is 8.50. The lowest BCUT2D eigenvalue weighted by Gasteiger charge is -2.14. The first-order valence-electron chi connectivity index (χ1n) is 8.50. The molecule has 2 aromatic carbocycles. The molecule has 0 saturated heterocycles. The number of hydrogen-bond acceptors (Lipinski definition) is 0. The van der Waals surface area contributed by atoms with Gasteiger partial charge in [-0.2, -0.15) is 0 Å². The molecule has 0 atom stereocenters. The highest BCUT2D eigenvalue weighted by atomic mass is 14.1.